The third-order valence-electron chi connectivity index (χ3n) is 4.64. The van der Waals surface area contributed by atoms with E-state index in [-0.39, 0.29) is 16.4 Å². The lowest BCUT2D eigenvalue weighted by Gasteiger charge is -2.46. The third kappa shape index (κ3) is 5.30. The fourth-order valence-corrected chi connectivity index (χ4v) is 5.97. The number of rotatable bonds is 8. The van der Waals surface area contributed by atoms with Gasteiger partial charge in [0.05, 0.1) is 0 Å². The van der Waals surface area contributed by atoms with Crippen molar-refractivity contribution in [2.45, 2.75) is 29.8 Å². The van der Waals surface area contributed by atoms with E-state index >= 15 is 0 Å². The number of hydrogen-bond donors (Lipinski definition) is 1. The first-order valence-electron chi connectivity index (χ1n) is 9.18. The number of halogens is 1. The van der Waals surface area contributed by atoms with E-state index in [9.17, 15) is 22.6 Å². The lowest BCUT2D eigenvalue weighted by atomic mass is 10.00. The molecular weight excluding hydrogens is 462 g/mol. The van der Waals surface area contributed by atoms with Gasteiger partial charge in [0, 0.05) is 10.8 Å². The number of ether oxygens (including phenoxy) is 1. The first kappa shape index (κ1) is 23.3. The topological polar surface area (TPSA) is 101 Å². The van der Waals surface area contributed by atoms with E-state index in [1.807, 2.05) is 36.4 Å². The van der Waals surface area contributed by atoms with Crippen molar-refractivity contribution in [2.75, 3.05) is 0 Å². The molecule has 31 heavy (non-hydrogen) atoms. The van der Waals surface area contributed by atoms with Crippen LogP contribution in [0.1, 0.15) is 24.2 Å². The molecule has 1 aliphatic heterocycles. The van der Waals surface area contributed by atoms with Crippen LogP contribution in [0, 0.1) is 0 Å². The Morgan fingerprint density at radius 2 is 1.61 bits per heavy atom. The van der Waals surface area contributed by atoms with Crippen LogP contribution in [0.5, 0.6) is 0 Å². The maximum absolute atomic E-state index is 13.2. The highest BCUT2D eigenvalue weighted by atomic mass is 35.5. The van der Waals surface area contributed by atoms with Gasteiger partial charge in [0.15, 0.2) is 12.1 Å². The fraction of sp³-hybridized carbons (Fsp3) is 0.238. The second-order valence-corrected chi connectivity index (χ2v) is 10.8. The molecule has 10 heteroatoms. The highest BCUT2D eigenvalue weighted by molar-refractivity contribution is 8.70. The molecule has 1 heterocycles. The molecule has 3 rings (SSSR count). The number of hydrogen-bond acceptors (Lipinski definition) is 6. The van der Waals surface area contributed by atoms with Crippen LogP contribution >= 0.6 is 22.4 Å². The molecule has 0 saturated carbocycles. The summed E-state index contributed by atoms with van der Waals surface area (Å²) in [4.78, 5) is 26.6. The van der Waals surface area contributed by atoms with E-state index in [2.05, 4.69) is 6.58 Å². The quantitative estimate of drug-likeness (QED) is 0.153. The van der Waals surface area contributed by atoms with Gasteiger partial charge in [-0.3, -0.25) is 9.35 Å². The smallest absolute Gasteiger partial charge is 0.334 e. The second-order valence-electron chi connectivity index (χ2n) is 6.95. The highest BCUT2D eigenvalue weighted by Gasteiger charge is 2.54. The van der Waals surface area contributed by atoms with Crippen LogP contribution in [0.2, 0.25) is 0 Å². The molecule has 1 aliphatic rings. The molecule has 0 unspecified atom stereocenters. The summed E-state index contributed by atoms with van der Waals surface area (Å²) < 4.78 is 37.6. The number of nitrogens with zero attached hydrogens (tertiary/aromatic N) is 1. The van der Waals surface area contributed by atoms with Gasteiger partial charge >= 0.3 is 15.1 Å². The van der Waals surface area contributed by atoms with Gasteiger partial charge in [-0.25, -0.2) is 4.79 Å². The Hall–Kier alpha value is -2.33. The number of carbonyl (C=O) groups excluding carboxylic acids is 2. The normalized spacial score (nSPS) is 19.6. The molecule has 0 bridgehead atoms. The van der Waals surface area contributed by atoms with Gasteiger partial charge < -0.3 is 9.64 Å². The summed E-state index contributed by atoms with van der Waals surface area (Å²) in [5.74, 6) is -1.44. The van der Waals surface area contributed by atoms with Crippen LogP contribution in [-0.2, 0) is 23.5 Å². The second kappa shape index (κ2) is 9.44. The summed E-state index contributed by atoms with van der Waals surface area (Å²) in [5, 5.41) is -2.37. The minimum absolute atomic E-state index is 0.0903. The Morgan fingerprint density at radius 3 is 2.03 bits per heavy atom. The fourth-order valence-electron chi connectivity index (χ4n) is 3.26. The van der Waals surface area contributed by atoms with E-state index in [0.717, 1.165) is 16.0 Å². The monoisotopic (exact) mass is 481 g/mol. The zero-order chi connectivity index (χ0) is 22.8. The molecule has 1 fully saturated rings. The predicted octanol–water partition coefficient (Wildman–Crippen LogP) is 3.58. The lowest BCUT2D eigenvalue weighted by Crippen LogP contribution is -2.66. The van der Waals surface area contributed by atoms with Crippen molar-refractivity contribution >= 4 is 43.4 Å². The molecule has 1 saturated heterocycles. The van der Waals surface area contributed by atoms with Gasteiger partial charge in [0.25, 0.3) is 0 Å². The molecule has 3 atom stereocenters. The van der Waals surface area contributed by atoms with E-state index in [1.165, 1.54) is 6.92 Å². The van der Waals surface area contributed by atoms with E-state index in [1.54, 1.807) is 24.3 Å². The maximum atomic E-state index is 13.2. The van der Waals surface area contributed by atoms with Crippen LogP contribution in [0.3, 0.4) is 0 Å². The van der Waals surface area contributed by atoms with Crippen LogP contribution in [-0.4, -0.2) is 46.5 Å². The van der Waals surface area contributed by atoms with Crippen molar-refractivity contribution in [3.63, 3.8) is 0 Å². The van der Waals surface area contributed by atoms with Gasteiger partial charge in [-0.15, -0.1) is 11.6 Å². The van der Waals surface area contributed by atoms with Gasteiger partial charge in [0.1, 0.15) is 10.8 Å². The Bertz CT molecular complexity index is 1040. The number of esters is 1. The van der Waals surface area contributed by atoms with Crippen LogP contribution in [0.25, 0.3) is 0 Å². The van der Waals surface area contributed by atoms with Crippen molar-refractivity contribution in [1.29, 1.82) is 0 Å². The highest BCUT2D eigenvalue weighted by Crippen LogP contribution is 2.40. The minimum atomic E-state index is -4.51. The number of carbonyl (C=O) groups is 2. The summed E-state index contributed by atoms with van der Waals surface area (Å²) in [7, 11) is -4.42. The van der Waals surface area contributed by atoms with E-state index in [0.29, 0.717) is 0 Å². The molecule has 0 aliphatic carbocycles. The van der Waals surface area contributed by atoms with Crippen molar-refractivity contribution in [1.82, 2.24) is 4.90 Å². The summed E-state index contributed by atoms with van der Waals surface area (Å²) in [6, 6.07) is 16.9. The van der Waals surface area contributed by atoms with Crippen molar-refractivity contribution in [2.24, 2.45) is 0 Å². The zero-order valence-corrected chi connectivity index (χ0v) is 18.8. The van der Waals surface area contributed by atoms with Gasteiger partial charge in [0.2, 0.25) is 5.91 Å². The van der Waals surface area contributed by atoms with Crippen molar-refractivity contribution in [3.05, 3.63) is 83.9 Å². The van der Waals surface area contributed by atoms with Crippen LogP contribution in [0.4, 0.5) is 0 Å². The van der Waals surface area contributed by atoms with Crippen molar-refractivity contribution in [3.8, 4) is 0 Å². The van der Waals surface area contributed by atoms with Crippen molar-refractivity contribution < 1.29 is 27.3 Å². The largest absolute Gasteiger partial charge is 0.451 e. The standard InChI is InChI=1S/C21H20ClNO6S2/c1-13(2)17(23-19(24)16(22)20(23)30-31(26,27)28)21(25)29-18(14-9-5-3-6-10-14)15-11-7-4-8-12-15/h3-12,16-18,20H,1H2,2H3,(H,26,27,28)/t16-,17+,20+/m0/s1. The Labute approximate surface area is 189 Å². The number of β-lactam (4-membered cyclic amide) rings is 1. The molecule has 164 valence electrons. The number of amides is 1. The number of alkyl halides is 1. The maximum Gasteiger partial charge on any atom is 0.334 e. The van der Waals surface area contributed by atoms with Gasteiger partial charge in [-0.1, -0.05) is 67.2 Å². The van der Waals surface area contributed by atoms with Gasteiger partial charge in [-0.2, -0.15) is 8.42 Å². The number of likely N-dealkylation sites (tertiary alicyclic amines) is 1. The lowest BCUT2D eigenvalue weighted by molar-refractivity contribution is -0.161. The van der Waals surface area contributed by atoms with E-state index < -0.39 is 43.9 Å². The molecular formula is C21H20ClNO6S2. The molecule has 7 nitrogen and oxygen atoms in total. The Morgan fingerprint density at radius 1 is 1.13 bits per heavy atom. The SMILES string of the molecule is C=C(C)[C@H](C(=O)OC(c1ccccc1)c1ccccc1)N1C(=O)[C@H](Cl)[C@H]1SS(=O)(=O)O. The zero-order valence-electron chi connectivity index (χ0n) is 16.4. The van der Waals surface area contributed by atoms with Crippen LogP contribution in [0.15, 0.2) is 72.8 Å². The molecule has 1 N–H and O–H groups in total. The summed E-state index contributed by atoms with van der Waals surface area (Å²) in [5.41, 5.74) is 1.70. The molecule has 0 radical (unpaired) electrons. The van der Waals surface area contributed by atoms with Crippen LogP contribution < -0.4 is 0 Å². The first-order valence-corrected chi connectivity index (χ1v) is 12.4. The Kier molecular flexibility index (Phi) is 7.10. The molecule has 2 aromatic carbocycles. The molecule has 0 spiro atoms. The summed E-state index contributed by atoms with van der Waals surface area (Å²) >= 11 is 5.95. The average Bonchev–Trinajstić information content (AvgIpc) is 2.74. The number of benzene rings is 2. The Balaban J connectivity index is 1.92. The van der Waals surface area contributed by atoms with Gasteiger partial charge in [-0.05, 0) is 23.6 Å². The first-order chi connectivity index (χ1) is 14.6. The molecule has 0 aromatic heterocycles. The average molecular weight is 482 g/mol. The summed E-state index contributed by atoms with van der Waals surface area (Å²) in [6.45, 7) is 5.29. The molecule has 2 aromatic rings. The van der Waals surface area contributed by atoms with E-state index in [4.69, 9.17) is 16.3 Å². The summed E-state index contributed by atoms with van der Waals surface area (Å²) in [6.07, 6.45) is -0.757. The third-order valence-corrected chi connectivity index (χ3v) is 7.48. The predicted molar refractivity (Wildman–Crippen MR) is 119 cm³/mol. The minimum Gasteiger partial charge on any atom is -0.451 e. The molecule has 1 amide bonds.